The third-order valence-electron chi connectivity index (χ3n) is 3.73. The summed E-state index contributed by atoms with van der Waals surface area (Å²) < 4.78 is 0. The van der Waals surface area contributed by atoms with Crippen LogP contribution >= 0.6 is 0 Å². The molecule has 1 saturated heterocycles. The Morgan fingerprint density at radius 1 is 1.26 bits per heavy atom. The van der Waals surface area contributed by atoms with Gasteiger partial charge < -0.3 is 15.7 Å². The van der Waals surface area contributed by atoms with Crippen LogP contribution in [-0.2, 0) is 4.79 Å². The summed E-state index contributed by atoms with van der Waals surface area (Å²) in [6.07, 6.45) is 1.73. The molecule has 0 aliphatic carbocycles. The van der Waals surface area contributed by atoms with Gasteiger partial charge in [0.05, 0.1) is 11.5 Å². The molecule has 0 saturated carbocycles. The van der Waals surface area contributed by atoms with E-state index in [4.69, 9.17) is 10.8 Å². The lowest BCUT2D eigenvalue weighted by atomic mass is 9.92. The van der Waals surface area contributed by atoms with Gasteiger partial charge in [0.2, 0.25) is 5.91 Å². The molecule has 2 unspecified atom stereocenters. The molecule has 1 heterocycles. The number of carboxylic acid groups (broad SMARTS) is 1. The van der Waals surface area contributed by atoms with E-state index in [0.29, 0.717) is 12.6 Å². The van der Waals surface area contributed by atoms with Crippen molar-refractivity contribution in [2.75, 3.05) is 11.4 Å². The summed E-state index contributed by atoms with van der Waals surface area (Å²) in [6, 6.07) is 7.05. The predicted octanol–water partition coefficient (Wildman–Crippen LogP) is 1.47. The molecule has 0 spiro atoms. The summed E-state index contributed by atoms with van der Waals surface area (Å²) in [7, 11) is 0. The van der Waals surface area contributed by atoms with Crippen LogP contribution in [0, 0.1) is 5.92 Å². The molecule has 1 fully saturated rings. The molecule has 1 amide bonds. The first-order chi connectivity index (χ1) is 8.99. The minimum absolute atomic E-state index is 0.129. The number of primary amides is 1. The highest BCUT2D eigenvalue weighted by Gasteiger charge is 2.28. The van der Waals surface area contributed by atoms with Gasteiger partial charge in [-0.3, -0.25) is 4.79 Å². The van der Waals surface area contributed by atoms with Gasteiger partial charge in [-0.25, -0.2) is 4.79 Å². The van der Waals surface area contributed by atoms with Gasteiger partial charge in [0.25, 0.3) is 0 Å². The lowest BCUT2D eigenvalue weighted by molar-refractivity contribution is -0.122. The van der Waals surface area contributed by atoms with Gasteiger partial charge >= 0.3 is 5.97 Å². The molecule has 19 heavy (non-hydrogen) atoms. The number of nitrogens with two attached hydrogens (primary N) is 1. The lowest BCUT2D eigenvalue weighted by Gasteiger charge is -2.38. The molecule has 0 radical (unpaired) electrons. The summed E-state index contributed by atoms with van der Waals surface area (Å²) in [5.41, 5.74) is 6.57. The van der Waals surface area contributed by atoms with Crippen LogP contribution in [-0.4, -0.2) is 29.6 Å². The SMILES string of the molecule is CC1CCC(C(N)=O)CN1c1ccc(C(=O)O)cc1. The number of rotatable bonds is 3. The van der Waals surface area contributed by atoms with Crippen molar-refractivity contribution < 1.29 is 14.7 Å². The van der Waals surface area contributed by atoms with Crippen molar-refractivity contribution in [2.24, 2.45) is 11.7 Å². The number of aromatic carboxylic acids is 1. The molecule has 0 aromatic heterocycles. The van der Waals surface area contributed by atoms with Gasteiger partial charge in [-0.15, -0.1) is 0 Å². The number of carbonyl (C=O) groups excluding carboxylic acids is 1. The standard InChI is InChI=1S/C14H18N2O3/c1-9-2-3-11(13(15)17)8-16(9)12-6-4-10(5-7-12)14(18)19/h4-7,9,11H,2-3,8H2,1H3,(H2,15,17)(H,18,19). The Morgan fingerprint density at radius 3 is 2.42 bits per heavy atom. The maximum Gasteiger partial charge on any atom is 0.335 e. The maximum absolute atomic E-state index is 11.3. The summed E-state index contributed by atoms with van der Waals surface area (Å²) in [5.74, 6) is -1.33. The number of benzene rings is 1. The number of hydrogen-bond acceptors (Lipinski definition) is 3. The summed E-state index contributed by atoms with van der Waals surface area (Å²) in [6.45, 7) is 2.70. The first-order valence-electron chi connectivity index (χ1n) is 6.38. The van der Waals surface area contributed by atoms with Gasteiger partial charge in [-0.1, -0.05) is 0 Å². The Hall–Kier alpha value is -2.04. The number of piperidine rings is 1. The average Bonchev–Trinajstić information content (AvgIpc) is 2.39. The fraction of sp³-hybridized carbons (Fsp3) is 0.429. The van der Waals surface area contributed by atoms with Crippen LogP contribution in [0.1, 0.15) is 30.1 Å². The number of carboxylic acids is 1. The highest BCUT2D eigenvalue weighted by Crippen LogP contribution is 2.27. The zero-order valence-electron chi connectivity index (χ0n) is 10.9. The van der Waals surface area contributed by atoms with E-state index in [0.717, 1.165) is 18.5 Å². The molecular formula is C14H18N2O3. The zero-order valence-corrected chi connectivity index (χ0v) is 10.9. The van der Waals surface area contributed by atoms with E-state index in [2.05, 4.69) is 11.8 Å². The van der Waals surface area contributed by atoms with Crippen molar-refractivity contribution in [3.05, 3.63) is 29.8 Å². The second-order valence-electron chi connectivity index (χ2n) is 5.03. The van der Waals surface area contributed by atoms with E-state index in [1.807, 2.05) is 0 Å². The first kappa shape index (κ1) is 13.4. The normalized spacial score (nSPS) is 23.1. The molecular weight excluding hydrogens is 244 g/mol. The van der Waals surface area contributed by atoms with Gasteiger partial charge in [0, 0.05) is 18.3 Å². The minimum atomic E-state index is -0.937. The third-order valence-corrected chi connectivity index (χ3v) is 3.73. The van der Waals surface area contributed by atoms with Gasteiger partial charge in [0.1, 0.15) is 0 Å². The van der Waals surface area contributed by atoms with Gasteiger partial charge in [-0.2, -0.15) is 0 Å². The predicted molar refractivity (Wildman–Crippen MR) is 72.1 cm³/mol. The molecule has 0 bridgehead atoms. The Balaban J connectivity index is 2.18. The average molecular weight is 262 g/mol. The van der Waals surface area contributed by atoms with E-state index >= 15 is 0 Å². The highest BCUT2D eigenvalue weighted by atomic mass is 16.4. The quantitative estimate of drug-likeness (QED) is 0.864. The third kappa shape index (κ3) is 2.86. The number of anilines is 1. The van der Waals surface area contributed by atoms with E-state index in [1.54, 1.807) is 24.3 Å². The van der Waals surface area contributed by atoms with Crippen LogP contribution in [0.15, 0.2) is 24.3 Å². The molecule has 1 aliphatic rings. The van der Waals surface area contributed by atoms with Crippen molar-refractivity contribution in [3.63, 3.8) is 0 Å². The van der Waals surface area contributed by atoms with Crippen molar-refractivity contribution in [2.45, 2.75) is 25.8 Å². The fourth-order valence-corrected chi connectivity index (χ4v) is 2.49. The van der Waals surface area contributed by atoms with Crippen molar-refractivity contribution in [3.8, 4) is 0 Å². The number of nitrogens with zero attached hydrogens (tertiary/aromatic N) is 1. The van der Waals surface area contributed by atoms with Crippen molar-refractivity contribution in [1.82, 2.24) is 0 Å². The Bertz CT molecular complexity index is 484. The molecule has 2 atom stereocenters. The molecule has 5 nitrogen and oxygen atoms in total. The van der Waals surface area contributed by atoms with Crippen molar-refractivity contribution in [1.29, 1.82) is 0 Å². The first-order valence-corrected chi connectivity index (χ1v) is 6.38. The number of amides is 1. The number of hydrogen-bond donors (Lipinski definition) is 2. The maximum atomic E-state index is 11.3. The highest BCUT2D eigenvalue weighted by molar-refractivity contribution is 5.88. The number of carbonyl (C=O) groups is 2. The second-order valence-corrected chi connectivity index (χ2v) is 5.03. The summed E-state index contributed by atoms with van der Waals surface area (Å²) >= 11 is 0. The van der Waals surface area contributed by atoms with E-state index < -0.39 is 5.97 Å². The van der Waals surface area contributed by atoms with Crippen molar-refractivity contribution >= 4 is 17.6 Å². The summed E-state index contributed by atoms with van der Waals surface area (Å²) in [4.78, 5) is 24.2. The van der Waals surface area contributed by atoms with Crippen LogP contribution in [0.25, 0.3) is 0 Å². The Morgan fingerprint density at radius 2 is 1.89 bits per heavy atom. The van der Waals surface area contributed by atoms with E-state index in [-0.39, 0.29) is 17.4 Å². The van der Waals surface area contributed by atoms with Crippen LogP contribution in [0.5, 0.6) is 0 Å². The molecule has 2 rings (SSSR count). The van der Waals surface area contributed by atoms with Gasteiger partial charge in [-0.05, 0) is 44.0 Å². The van der Waals surface area contributed by atoms with E-state index in [9.17, 15) is 9.59 Å². The van der Waals surface area contributed by atoms with Crippen LogP contribution in [0.2, 0.25) is 0 Å². The minimum Gasteiger partial charge on any atom is -0.478 e. The zero-order chi connectivity index (χ0) is 14.0. The molecule has 1 aromatic carbocycles. The largest absolute Gasteiger partial charge is 0.478 e. The second kappa shape index (κ2) is 5.30. The molecule has 5 heteroatoms. The van der Waals surface area contributed by atoms with Crippen LogP contribution in [0.4, 0.5) is 5.69 Å². The molecule has 102 valence electrons. The van der Waals surface area contributed by atoms with Crippen LogP contribution < -0.4 is 10.6 Å². The van der Waals surface area contributed by atoms with Gasteiger partial charge in [0.15, 0.2) is 0 Å². The summed E-state index contributed by atoms with van der Waals surface area (Å²) in [5, 5.41) is 8.88. The fourth-order valence-electron chi connectivity index (χ4n) is 2.49. The smallest absolute Gasteiger partial charge is 0.335 e. The van der Waals surface area contributed by atoms with Crippen LogP contribution in [0.3, 0.4) is 0 Å². The molecule has 1 aromatic rings. The molecule has 3 N–H and O–H groups in total. The van der Waals surface area contributed by atoms with E-state index in [1.165, 1.54) is 0 Å². The molecule has 1 aliphatic heterocycles. The monoisotopic (exact) mass is 262 g/mol. The topological polar surface area (TPSA) is 83.6 Å². The Kier molecular flexibility index (Phi) is 3.74. The lowest BCUT2D eigenvalue weighted by Crippen LogP contribution is -2.45. The Labute approximate surface area is 112 Å².